The van der Waals surface area contributed by atoms with Gasteiger partial charge in [-0.05, 0) is 6.07 Å². The quantitative estimate of drug-likeness (QED) is 0.453. The lowest BCUT2D eigenvalue weighted by molar-refractivity contribution is -0.385. The molecule has 0 radical (unpaired) electrons. The highest BCUT2D eigenvalue weighted by molar-refractivity contribution is 6.32. The molecule has 1 heterocycles. The number of nitro groups is 1. The second-order valence-electron chi connectivity index (χ2n) is 2.73. The molecule has 0 saturated carbocycles. The van der Waals surface area contributed by atoms with Gasteiger partial charge >= 0.3 is 5.69 Å². The van der Waals surface area contributed by atoms with E-state index in [-0.39, 0.29) is 23.9 Å². The largest absolute Gasteiger partial charge is 0.395 e. The van der Waals surface area contributed by atoms with Crippen molar-refractivity contribution in [3.63, 3.8) is 0 Å². The molecule has 0 saturated heterocycles. The Balaban J connectivity index is 3.08. The van der Waals surface area contributed by atoms with Crippen LogP contribution in [0.3, 0.4) is 0 Å². The van der Waals surface area contributed by atoms with Gasteiger partial charge in [-0.2, -0.15) is 0 Å². The van der Waals surface area contributed by atoms with Gasteiger partial charge in [-0.25, -0.2) is 4.98 Å². The van der Waals surface area contributed by atoms with E-state index in [4.69, 9.17) is 16.7 Å². The summed E-state index contributed by atoms with van der Waals surface area (Å²) in [5.41, 5.74) is -0.724. The van der Waals surface area contributed by atoms with Crippen molar-refractivity contribution in [3.8, 4) is 0 Å². The number of carbonyl (C=O) groups is 1. The predicted molar refractivity (Wildman–Crippen MR) is 55.3 cm³/mol. The number of amides is 1. The molecule has 0 aliphatic heterocycles. The van der Waals surface area contributed by atoms with Crippen LogP contribution in [0, 0.1) is 10.1 Å². The fraction of sp³-hybridized carbons (Fsp3) is 0.250. The molecule has 86 valence electrons. The van der Waals surface area contributed by atoms with Crippen molar-refractivity contribution in [2.75, 3.05) is 13.2 Å². The maximum absolute atomic E-state index is 11.5. The lowest BCUT2D eigenvalue weighted by atomic mass is 10.2. The third-order valence-electron chi connectivity index (χ3n) is 1.70. The van der Waals surface area contributed by atoms with Gasteiger partial charge < -0.3 is 10.4 Å². The summed E-state index contributed by atoms with van der Waals surface area (Å²) in [5, 5.41) is 21.1. The second-order valence-corrected chi connectivity index (χ2v) is 3.09. The zero-order valence-electron chi connectivity index (χ0n) is 8.01. The first kappa shape index (κ1) is 12.3. The Morgan fingerprint density at radius 2 is 2.38 bits per heavy atom. The van der Waals surface area contributed by atoms with E-state index in [1.165, 1.54) is 12.3 Å². The number of rotatable bonds is 4. The van der Waals surface area contributed by atoms with E-state index < -0.39 is 16.5 Å². The maximum Gasteiger partial charge on any atom is 0.319 e. The summed E-state index contributed by atoms with van der Waals surface area (Å²) in [4.78, 5) is 24.9. The number of halogens is 1. The second kappa shape index (κ2) is 5.38. The molecule has 0 aliphatic carbocycles. The Kier molecular flexibility index (Phi) is 4.15. The summed E-state index contributed by atoms with van der Waals surface area (Å²) in [6.45, 7) is -0.242. The summed E-state index contributed by atoms with van der Waals surface area (Å²) in [6, 6.07) is 1.19. The number of aliphatic hydroxyl groups is 1. The lowest BCUT2D eigenvalue weighted by Gasteiger charge is -2.04. The van der Waals surface area contributed by atoms with Crippen LogP contribution in [0.1, 0.15) is 10.4 Å². The molecular formula is C8H8ClN3O4. The number of pyridine rings is 1. The monoisotopic (exact) mass is 245 g/mol. The normalized spacial score (nSPS) is 9.88. The van der Waals surface area contributed by atoms with E-state index >= 15 is 0 Å². The Morgan fingerprint density at radius 1 is 1.69 bits per heavy atom. The molecule has 16 heavy (non-hydrogen) atoms. The summed E-state index contributed by atoms with van der Waals surface area (Å²) >= 11 is 5.52. The molecule has 0 unspecified atom stereocenters. The van der Waals surface area contributed by atoms with Gasteiger partial charge in [0.05, 0.1) is 11.5 Å². The molecule has 1 aromatic rings. The maximum atomic E-state index is 11.5. The lowest BCUT2D eigenvalue weighted by Crippen LogP contribution is -2.27. The molecule has 2 N–H and O–H groups in total. The average molecular weight is 246 g/mol. The van der Waals surface area contributed by atoms with E-state index in [2.05, 4.69) is 10.3 Å². The van der Waals surface area contributed by atoms with Crippen molar-refractivity contribution in [2.24, 2.45) is 0 Å². The number of aromatic nitrogens is 1. The van der Waals surface area contributed by atoms with Crippen molar-refractivity contribution in [1.29, 1.82) is 0 Å². The fourth-order valence-electron chi connectivity index (χ4n) is 1.05. The molecule has 1 amide bonds. The molecule has 1 rings (SSSR count). The van der Waals surface area contributed by atoms with E-state index in [1.54, 1.807) is 0 Å². The van der Waals surface area contributed by atoms with Gasteiger partial charge in [-0.1, -0.05) is 11.6 Å². The van der Waals surface area contributed by atoms with Crippen molar-refractivity contribution in [1.82, 2.24) is 10.3 Å². The van der Waals surface area contributed by atoms with Gasteiger partial charge in [0.25, 0.3) is 5.91 Å². The van der Waals surface area contributed by atoms with Gasteiger partial charge in [0, 0.05) is 12.7 Å². The minimum atomic E-state index is -0.775. The number of hydrogen-bond acceptors (Lipinski definition) is 5. The van der Waals surface area contributed by atoms with Crippen LogP contribution in [0.15, 0.2) is 12.3 Å². The fourth-order valence-corrected chi connectivity index (χ4v) is 1.28. The minimum absolute atomic E-state index is 0.00985. The van der Waals surface area contributed by atoms with E-state index in [9.17, 15) is 14.9 Å². The van der Waals surface area contributed by atoms with Crippen molar-refractivity contribution >= 4 is 23.2 Å². The summed E-state index contributed by atoms with van der Waals surface area (Å²) in [7, 11) is 0. The van der Waals surface area contributed by atoms with Crippen LogP contribution in [0.5, 0.6) is 0 Å². The number of aliphatic hydroxyl groups excluding tert-OH is 1. The van der Waals surface area contributed by atoms with Crippen LogP contribution >= 0.6 is 11.6 Å². The van der Waals surface area contributed by atoms with Gasteiger partial charge in [0.15, 0.2) is 0 Å². The highest BCUT2D eigenvalue weighted by Gasteiger charge is 2.24. The third kappa shape index (κ3) is 2.65. The Hall–Kier alpha value is -1.73. The van der Waals surface area contributed by atoms with Crippen molar-refractivity contribution in [3.05, 3.63) is 33.1 Å². The van der Waals surface area contributed by atoms with Gasteiger partial charge in [0.2, 0.25) is 5.15 Å². The molecular weight excluding hydrogens is 238 g/mol. The van der Waals surface area contributed by atoms with Gasteiger partial charge in [0.1, 0.15) is 5.56 Å². The van der Waals surface area contributed by atoms with Crippen LogP contribution in [0.25, 0.3) is 0 Å². The Labute approximate surface area is 95.2 Å². The molecule has 0 fully saturated rings. The van der Waals surface area contributed by atoms with Gasteiger partial charge in [-0.3, -0.25) is 14.9 Å². The summed E-state index contributed by atoms with van der Waals surface area (Å²) < 4.78 is 0. The third-order valence-corrected chi connectivity index (χ3v) is 1.98. The molecule has 0 atom stereocenters. The highest BCUT2D eigenvalue weighted by Crippen LogP contribution is 2.25. The average Bonchev–Trinajstić information content (AvgIpc) is 2.24. The predicted octanol–water partition coefficient (Wildman–Crippen LogP) is 0.365. The molecule has 0 bridgehead atoms. The molecule has 7 nitrogen and oxygen atoms in total. The molecule has 8 heteroatoms. The first-order valence-corrected chi connectivity index (χ1v) is 4.63. The molecule has 0 aromatic carbocycles. The Bertz CT molecular complexity index is 424. The zero-order valence-corrected chi connectivity index (χ0v) is 8.77. The number of hydrogen-bond donors (Lipinski definition) is 2. The standard InChI is InChI=1S/C8H8ClN3O4/c9-7-6(12(15)16)5(1-2-10-7)8(14)11-3-4-13/h1-2,13H,3-4H2,(H,11,14). The first-order valence-electron chi connectivity index (χ1n) is 4.26. The van der Waals surface area contributed by atoms with E-state index in [0.717, 1.165) is 0 Å². The van der Waals surface area contributed by atoms with Crippen molar-refractivity contribution < 1.29 is 14.8 Å². The number of nitrogens with one attached hydrogen (secondary N) is 1. The smallest absolute Gasteiger partial charge is 0.319 e. The first-order chi connectivity index (χ1) is 7.57. The summed E-state index contributed by atoms with van der Waals surface area (Å²) in [5.74, 6) is -0.676. The molecule has 1 aromatic heterocycles. The molecule has 0 spiro atoms. The number of carbonyl (C=O) groups excluding carboxylic acids is 1. The minimum Gasteiger partial charge on any atom is -0.395 e. The number of nitrogens with zero attached hydrogens (tertiary/aromatic N) is 2. The highest BCUT2D eigenvalue weighted by atomic mass is 35.5. The van der Waals surface area contributed by atoms with Crippen LogP contribution in [-0.2, 0) is 0 Å². The Morgan fingerprint density at radius 3 is 2.94 bits per heavy atom. The van der Waals surface area contributed by atoms with E-state index in [1.807, 2.05) is 0 Å². The van der Waals surface area contributed by atoms with Gasteiger partial charge in [-0.15, -0.1) is 0 Å². The van der Waals surface area contributed by atoms with E-state index in [0.29, 0.717) is 0 Å². The van der Waals surface area contributed by atoms with Crippen LogP contribution in [0.2, 0.25) is 5.15 Å². The topological polar surface area (TPSA) is 105 Å². The molecule has 0 aliphatic rings. The zero-order chi connectivity index (χ0) is 12.1. The van der Waals surface area contributed by atoms with Crippen LogP contribution in [0.4, 0.5) is 5.69 Å². The van der Waals surface area contributed by atoms with Crippen LogP contribution < -0.4 is 5.32 Å². The SMILES string of the molecule is O=C(NCCO)c1ccnc(Cl)c1[N+](=O)[O-]. The van der Waals surface area contributed by atoms with Crippen LogP contribution in [-0.4, -0.2) is 34.1 Å². The van der Waals surface area contributed by atoms with Crippen molar-refractivity contribution in [2.45, 2.75) is 0 Å². The summed E-state index contributed by atoms with van der Waals surface area (Å²) in [6.07, 6.45) is 1.20.